The van der Waals surface area contributed by atoms with E-state index in [1.807, 2.05) is 38.1 Å². The van der Waals surface area contributed by atoms with Gasteiger partial charge in [0.1, 0.15) is 6.04 Å². The normalized spacial score (nSPS) is 12.1. The van der Waals surface area contributed by atoms with Crippen molar-refractivity contribution >= 4 is 46.4 Å². The van der Waals surface area contributed by atoms with Gasteiger partial charge in [0.25, 0.3) is 11.6 Å². The van der Waals surface area contributed by atoms with E-state index in [0.717, 1.165) is 16.5 Å². The molecule has 2 amide bonds. The number of hydrazone groups is 1. The second-order valence-corrected chi connectivity index (χ2v) is 8.36. The molecule has 2 aromatic carbocycles. The van der Waals surface area contributed by atoms with Crippen LogP contribution in [0.1, 0.15) is 25.0 Å². The highest BCUT2D eigenvalue weighted by Crippen LogP contribution is 2.21. The van der Waals surface area contributed by atoms with Crippen molar-refractivity contribution in [2.24, 2.45) is 11.0 Å². The number of hydrogen-bond donors (Lipinski definition) is 3. The molecule has 0 aliphatic heterocycles. The number of amides is 2. The van der Waals surface area contributed by atoms with Crippen molar-refractivity contribution in [3.8, 4) is 0 Å². The number of nitrogens with one attached hydrogen (secondary N) is 3. The highest BCUT2D eigenvalue weighted by molar-refractivity contribution is 6.33. The molecule has 0 saturated heterocycles. The Hall–Kier alpha value is -3.92. The van der Waals surface area contributed by atoms with Gasteiger partial charge in [-0.3, -0.25) is 14.9 Å². The topological polar surface area (TPSA) is 139 Å². The maximum Gasteiger partial charge on any atom is 0.407 e. The van der Waals surface area contributed by atoms with E-state index in [4.69, 9.17) is 16.3 Å². The molecule has 34 heavy (non-hydrogen) atoms. The molecule has 0 unspecified atom stereocenters. The molecular formula is C23H24ClN5O5. The first kappa shape index (κ1) is 24.7. The lowest BCUT2D eigenvalue weighted by atomic mass is 10.0. The molecule has 3 rings (SSSR count). The molecule has 0 aliphatic carbocycles. The molecule has 1 atom stereocenters. The minimum absolute atomic E-state index is 0.135. The molecule has 10 nitrogen and oxygen atoms in total. The van der Waals surface area contributed by atoms with Crippen LogP contribution in [0.4, 0.5) is 10.5 Å². The highest BCUT2D eigenvalue weighted by Gasteiger charge is 2.23. The van der Waals surface area contributed by atoms with E-state index >= 15 is 0 Å². The fourth-order valence-electron chi connectivity index (χ4n) is 3.14. The summed E-state index contributed by atoms with van der Waals surface area (Å²) in [5.41, 5.74) is 4.18. The summed E-state index contributed by atoms with van der Waals surface area (Å²) in [6.07, 6.45) is 2.43. The number of ether oxygens (including phenoxy) is 1. The summed E-state index contributed by atoms with van der Waals surface area (Å²) in [5, 5.41) is 18.6. The van der Waals surface area contributed by atoms with Crippen LogP contribution in [0.3, 0.4) is 0 Å². The van der Waals surface area contributed by atoms with Gasteiger partial charge >= 0.3 is 6.09 Å². The first-order chi connectivity index (χ1) is 16.2. The maximum atomic E-state index is 12.9. The fourth-order valence-corrected chi connectivity index (χ4v) is 3.31. The zero-order valence-corrected chi connectivity index (χ0v) is 19.3. The van der Waals surface area contributed by atoms with Crippen molar-refractivity contribution in [3.05, 3.63) is 74.9 Å². The van der Waals surface area contributed by atoms with Crippen LogP contribution >= 0.6 is 11.6 Å². The van der Waals surface area contributed by atoms with E-state index in [0.29, 0.717) is 0 Å². The smallest absolute Gasteiger partial charge is 0.407 e. The zero-order valence-electron chi connectivity index (χ0n) is 18.6. The number of rotatable bonds is 9. The predicted octanol–water partition coefficient (Wildman–Crippen LogP) is 4.17. The third-order valence-corrected chi connectivity index (χ3v) is 5.17. The molecular weight excluding hydrogens is 462 g/mol. The van der Waals surface area contributed by atoms with Crippen LogP contribution in [0.5, 0.6) is 0 Å². The highest BCUT2D eigenvalue weighted by atomic mass is 35.5. The van der Waals surface area contributed by atoms with E-state index in [9.17, 15) is 19.7 Å². The van der Waals surface area contributed by atoms with Crippen molar-refractivity contribution in [1.29, 1.82) is 0 Å². The van der Waals surface area contributed by atoms with Crippen LogP contribution in [0.15, 0.2) is 53.8 Å². The first-order valence-electron chi connectivity index (χ1n) is 10.5. The molecule has 1 heterocycles. The Morgan fingerprint density at radius 3 is 2.76 bits per heavy atom. The van der Waals surface area contributed by atoms with Crippen molar-refractivity contribution < 1.29 is 19.2 Å². The summed E-state index contributed by atoms with van der Waals surface area (Å²) in [7, 11) is 0. The van der Waals surface area contributed by atoms with Gasteiger partial charge in [0.15, 0.2) is 0 Å². The number of carbonyl (C=O) groups excluding carboxylic acids is 2. The van der Waals surface area contributed by atoms with E-state index in [1.54, 1.807) is 6.20 Å². The minimum Gasteiger partial charge on any atom is -0.449 e. The van der Waals surface area contributed by atoms with Crippen LogP contribution in [0, 0.1) is 16.0 Å². The Morgan fingerprint density at radius 2 is 2.03 bits per heavy atom. The summed E-state index contributed by atoms with van der Waals surface area (Å²) >= 11 is 6.05. The third kappa shape index (κ3) is 6.55. The number of H-pyrrole nitrogens is 1. The molecule has 11 heteroatoms. The lowest BCUT2D eigenvalue weighted by Crippen LogP contribution is -2.47. The molecule has 0 fully saturated rings. The third-order valence-electron chi connectivity index (χ3n) is 4.82. The van der Waals surface area contributed by atoms with Gasteiger partial charge in [0.2, 0.25) is 0 Å². The summed E-state index contributed by atoms with van der Waals surface area (Å²) in [4.78, 5) is 38.7. The first-order valence-corrected chi connectivity index (χ1v) is 10.9. The van der Waals surface area contributed by atoms with Gasteiger partial charge in [0.05, 0.1) is 17.7 Å². The number of nitrogens with zero attached hydrogens (tertiary/aromatic N) is 2. The number of nitro groups is 1. The molecule has 1 aromatic heterocycles. The lowest BCUT2D eigenvalue weighted by Gasteiger charge is -2.17. The van der Waals surface area contributed by atoms with Gasteiger partial charge in [-0.2, -0.15) is 5.10 Å². The Kier molecular flexibility index (Phi) is 8.20. The van der Waals surface area contributed by atoms with Gasteiger partial charge in [-0.15, -0.1) is 0 Å². The summed E-state index contributed by atoms with van der Waals surface area (Å²) in [6, 6.07) is 10.5. The molecule has 0 saturated carbocycles. The molecule has 178 valence electrons. The number of aromatic amines is 1. The second-order valence-electron chi connectivity index (χ2n) is 7.95. The molecule has 0 bridgehead atoms. The van der Waals surface area contributed by atoms with Crippen molar-refractivity contribution in [3.63, 3.8) is 0 Å². The van der Waals surface area contributed by atoms with Gasteiger partial charge < -0.3 is 15.0 Å². The van der Waals surface area contributed by atoms with Crippen molar-refractivity contribution in [2.45, 2.75) is 26.3 Å². The fraction of sp³-hybridized carbons (Fsp3) is 0.261. The number of fused-ring (bicyclic) bond motifs is 1. The van der Waals surface area contributed by atoms with E-state index < -0.39 is 23.0 Å². The Balaban J connectivity index is 1.76. The van der Waals surface area contributed by atoms with Crippen LogP contribution in [-0.4, -0.2) is 40.8 Å². The number of alkyl carbamates (subject to hydrolysis) is 1. The largest absolute Gasteiger partial charge is 0.449 e. The minimum atomic E-state index is -0.989. The number of carbonyl (C=O) groups is 2. The van der Waals surface area contributed by atoms with E-state index in [2.05, 4.69) is 20.8 Å². The lowest BCUT2D eigenvalue weighted by molar-refractivity contribution is -0.384. The van der Waals surface area contributed by atoms with E-state index in [-0.39, 0.29) is 35.2 Å². The van der Waals surface area contributed by atoms with Gasteiger partial charge in [-0.05, 0) is 23.6 Å². The molecule has 0 aliphatic rings. The van der Waals surface area contributed by atoms with E-state index in [1.165, 1.54) is 24.4 Å². The van der Waals surface area contributed by atoms with Crippen LogP contribution in [0.2, 0.25) is 5.02 Å². The summed E-state index contributed by atoms with van der Waals surface area (Å²) in [6.45, 7) is 4.01. The van der Waals surface area contributed by atoms with Gasteiger partial charge in [0, 0.05) is 46.2 Å². The molecule has 3 aromatic rings. The van der Waals surface area contributed by atoms with Gasteiger partial charge in [-0.1, -0.05) is 43.6 Å². The summed E-state index contributed by atoms with van der Waals surface area (Å²) < 4.78 is 5.16. The zero-order chi connectivity index (χ0) is 24.7. The van der Waals surface area contributed by atoms with Crippen LogP contribution < -0.4 is 10.7 Å². The predicted molar refractivity (Wildman–Crippen MR) is 129 cm³/mol. The Labute approximate surface area is 200 Å². The standard InChI is InChI=1S/C23H24ClN5O5/c1-14(2)13-34-23(31)27-21(10-15-11-25-20-6-4-3-5-18(15)20)22(30)28-26-12-16-9-17(29(32)33)7-8-19(16)24/h3-9,11-12,14,21,25H,10,13H2,1-2H3,(H,27,31)(H,28,30)/b26-12-/t21-/m0/s1. The number of halogens is 1. The number of non-ortho nitro benzene ring substituents is 1. The van der Waals surface area contributed by atoms with Crippen molar-refractivity contribution in [1.82, 2.24) is 15.7 Å². The van der Waals surface area contributed by atoms with Crippen LogP contribution in [-0.2, 0) is 16.0 Å². The number of aromatic nitrogens is 1. The monoisotopic (exact) mass is 485 g/mol. The maximum absolute atomic E-state index is 12.9. The molecule has 3 N–H and O–H groups in total. The Bertz CT molecular complexity index is 1220. The van der Waals surface area contributed by atoms with Gasteiger partial charge in [-0.25, -0.2) is 10.2 Å². The average molecular weight is 486 g/mol. The Morgan fingerprint density at radius 1 is 1.26 bits per heavy atom. The summed E-state index contributed by atoms with van der Waals surface area (Å²) in [5.74, 6) is -0.458. The van der Waals surface area contributed by atoms with Crippen molar-refractivity contribution in [2.75, 3.05) is 6.61 Å². The average Bonchev–Trinajstić information content (AvgIpc) is 3.21. The second kappa shape index (κ2) is 11.3. The molecule has 0 spiro atoms. The SMILES string of the molecule is CC(C)COC(=O)N[C@@H](Cc1c[nH]c2ccccc12)C(=O)N/N=C\c1cc([N+](=O)[O-])ccc1Cl. The number of hydrogen-bond acceptors (Lipinski definition) is 6. The quantitative estimate of drug-likeness (QED) is 0.237. The number of nitro benzene ring substituents is 1. The number of benzene rings is 2. The number of para-hydroxylation sites is 1. The van der Waals surface area contributed by atoms with Crippen LogP contribution in [0.25, 0.3) is 10.9 Å². The molecule has 0 radical (unpaired) electrons.